The van der Waals surface area contributed by atoms with Gasteiger partial charge in [0.25, 0.3) is 11.7 Å². The van der Waals surface area contributed by atoms with Gasteiger partial charge in [0.15, 0.2) is 5.13 Å². The fourth-order valence-corrected chi connectivity index (χ4v) is 3.56. The van der Waals surface area contributed by atoms with Crippen molar-refractivity contribution in [1.82, 2.24) is 9.55 Å². The van der Waals surface area contributed by atoms with Crippen LogP contribution >= 0.6 is 11.3 Å². The molecule has 0 saturated heterocycles. The van der Waals surface area contributed by atoms with Crippen molar-refractivity contribution in [2.24, 2.45) is 0 Å². The second kappa shape index (κ2) is 6.64. The van der Waals surface area contributed by atoms with Crippen LogP contribution in [0.4, 0.5) is 5.13 Å². The van der Waals surface area contributed by atoms with Gasteiger partial charge in [-0.05, 0) is 57.0 Å². The summed E-state index contributed by atoms with van der Waals surface area (Å²) in [5, 5.41) is 4.70. The van der Waals surface area contributed by atoms with E-state index in [1.54, 1.807) is 17.6 Å². The van der Waals surface area contributed by atoms with Crippen LogP contribution in [0.1, 0.15) is 32.9 Å². The van der Waals surface area contributed by atoms with Crippen molar-refractivity contribution in [2.45, 2.75) is 27.7 Å². The zero-order valence-corrected chi connectivity index (χ0v) is 15.4. The number of hydrogen-bond acceptors (Lipinski definition) is 4. The summed E-state index contributed by atoms with van der Waals surface area (Å²) < 4.78 is 2.00. The number of nitrogens with one attached hydrogen (secondary N) is 1. The van der Waals surface area contributed by atoms with Gasteiger partial charge in [-0.25, -0.2) is 4.98 Å². The highest BCUT2D eigenvalue weighted by molar-refractivity contribution is 7.13. The number of Topliss-reactive ketones (excluding diaryl/α,β-unsaturated/α-hetero) is 1. The first-order valence-electron chi connectivity index (χ1n) is 7.89. The highest BCUT2D eigenvalue weighted by atomic mass is 32.1. The summed E-state index contributed by atoms with van der Waals surface area (Å²) in [6.07, 6.45) is 1.58. The number of amides is 1. The van der Waals surface area contributed by atoms with Gasteiger partial charge in [-0.2, -0.15) is 0 Å². The molecule has 1 N–H and O–H groups in total. The van der Waals surface area contributed by atoms with Crippen LogP contribution in [0.5, 0.6) is 0 Å². The average Bonchev–Trinajstić information content (AvgIpc) is 3.13. The van der Waals surface area contributed by atoms with Crippen molar-refractivity contribution in [3.8, 4) is 5.69 Å². The van der Waals surface area contributed by atoms with Crippen molar-refractivity contribution in [1.29, 1.82) is 0 Å². The number of carbonyl (C=O) groups is 2. The molecule has 0 aliphatic heterocycles. The van der Waals surface area contributed by atoms with E-state index in [1.807, 2.05) is 32.3 Å². The van der Waals surface area contributed by atoms with E-state index in [-0.39, 0.29) is 0 Å². The van der Waals surface area contributed by atoms with Gasteiger partial charge in [-0.1, -0.05) is 6.07 Å². The molecule has 0 aliphatic rings. The Balaban J connectivity index is 1.96. The zero-order valence-electron chi connectivity index (χ0n) is 14.6. The van der Waals surface area contributed by atoms with Gasteiger partial charge in [0.05, 0.1) is 0 Å². The Morgan fingerprint density at radius 1 is 1.04 bits per heavy atom. The van der Waals surface area contributed by atoms with E-state index in [1.165, 1.54) is 11.3 Å². The predicted molar refractivity (Wildman–Crippen MR) is 99.8 cm³/mol. The lowest BCUT2D eigenvalue weighted by atomic mass is 10.1. The van der Waals surface area contributed by atoms with E-state index in [4.69, 9.17) is 0 Å². The molecule has 0 radical (unpaired) electrons. The van der Waals surface area contributed by atoms with Gasteiger partial charge in [-0.3, -0.25) is 14.9 Å². The number of carbonyl (C=O) groups excluding carboxylic acids is 2. The molecular formula is C19H19N3O2S. The third kappa shape index (κ3) is 3.39. The molecule has 1 amide bonds. The van der Waals surface area contributed by atoms with E-state index < -0.39 is 11.7 Å². The maximum atomic E-state index is 12.6. The normalized spacial score (nSPS) is 10.7. The largest absolute Gasteiger partial charge is 0.318 e. The van der Waals surface area contributed by atoms with Gasteiger partial charge in [0, 0.05) is 34.2 Å². The molecule has 0 fully saturated rings. The van der Waals surface area contributed by atoms with Crippen LogP contribution in [0.25, 0.3) is 5.69 Å². The fourth-order valence-electron chi connectivity index (χ4n) is 3.03. The predicted octanol–water partition coefficient (Wildman–Crippen LogP) is 3.99. The van der Waals surface area contributed by atoms with Gasteiger partial charge in [0.1, 0.15) is 0 Å². The molecule has 0 atom stereocenters. The second-order valence-electron chi connectivity index (χ2n) is 6.09. The van der Waals surface area contributed by atoms with Crippen LogP contribution < -0.4 is 5.32 Å². The highest BCUT2D eigenvalue weighted by Crippen LogP contribution is 2.23. The summed E-state index contributed by atoms with van der Waals surface area (Å²) in [4.78, 5) is 28.8. The summed E-state index contributed by atoms with van der Waals surface area (Å²) in [6, 6.07) is 8.00. The van der Waals surface area contributed by atoms with Crippen LogP contribution in [-0.4, -0.2) is 21.2 Å². The molecule has 3 aromatic rings. The van der Waals surface area contributed by atoms with Crippen molar-refractivity contribution in [3.63, 3.8) is 0 Å². The van der Waals surface area contributed by atoms with E-state index in [9.17, 15) is 9.59 Å². The van der Waals surface area contributed by atoms with E-state index in [2.05, 4.69) is 28.5 Å². The molecule has 25 heavy (non-hydrogen) atoms. The van der Waals surface area contributed by atoms with Gasteiger partial charge >= 0.3 is 0 Å². The number of aromatic nitrogens is 2. The Bertz CT molecular complexity index is 935. The molecule has 2 aromatic heterocycles. The number of hydrogen-bond donors (Lipinski definition) is 1. The number of benzene rings is 1. The van der Waals surface area contributed by atoms with Gasteiger partial charge in [-0.15, -0.1) is 11.3 Å². The van der Waals surface area contributed by atoms with Crippen LogP contribution in [0, 0.1) is 27.7 Å². The van der Waals surface area contributed by atoms with Gasteiger partial charge < -0.3 is 4.57 Å². The number of anilines is 1. The number of ketones is 1. The lowest BCUT2D eigenvalue weighted by molar-refractivity contribution is -0.112. The van der Waals surface area contributed by atoms with E-state index in [0.29, 0.717) is 10.7 Å². The quantitative estimate of drug-likeness (QED) is 0.570. The third-order valence-electron chi connectivity index (χ3n) is 4.00. The van der Waals surface area contributed by atoms with Crippen LogP contribution in [0.3, 0.4) is 0 Å². The molecule has 0 aliphatic carbocycles. The lowest BCUT2D eigenvalue weighted by Gasteiger charge is -2.12. The lowest BCUT2D eigenvalue weighted by Crippen LogP contribution is -2.23. The molecule has 5 nitrogen and oxygen atoms in total. The molecule has 0 saturated carbocycles. The first-order valence-corrected chi connectivity index (χ1v) is 8.77. The Morgan fingerprint density at radius 3 is 2.32 bits per heavy atom. The average molecular weight is 353 g/mol. The van der Waals surface area contributed by atoms with Crippen LogP contribution in [0.2, 0.25) is 0 Å². The molecule has 128 valence electrons. The van der Waals surface area contributed by atoms with E-state index in [0.717, 1.165) is 28.2 Å². The van der Waals surface area contributed by atoms with Crippen molar-refractivity contribution < 1.29 is 9.59 Å². The summed E-state index contributed by atoms with van der Waals surface area (Å²) >= 11 is 1.28. The Morgan fingerprint density at radius 2 is 1.72 bits per heavy atom. The fraction of sp³-hybridized carbons (Fsp3) is 0.211. The number of thiazole rings is 1. The highest BCUT2D eigenvalue weighted by Gasteiger charge is 2.23. The van der Waals surface area contributed by atoms with Crippen LogP contribution in [-0.2, 0) is 4.79 Å². The zero-order chi connectivity index (χ0) is 18.1. The van der Waals surface area contributed by atoms with Gasteiger partial charge in [0.2, 0.25) is 0 Å². The van der Waals surface area contributed by atoms with Crippen molar-refractivity contribution >= 4 is 28.2 Å². The summed E-state index contributed by atoms with van der Waals surface area (Å²) in [5.41, 5.74) is 5.36. The molecule has 0 unspecified atom stereocenters. The smallest absolute Gasteiger partial charge is 0.298 e. The number of nitrogens with zero attached hydrogens (tertiary/aromatic N) is 2. The SMILES string of the molecule is Cc1cc(C)cc(-n2c(C)cc(C(=O)C(=O)Nc3nccs3)c2C)c1. The molecule has 0 bridgehead atoms. The molecule has 0 spiro atoms. The summed E-state index contributed by atoms with van der Waals surface area (Å²) in [6.45, 7) is 7.87. The maximum Gasteiger partial charge on any atom is 0.298 e. The molecule has 6 heteroatoms. The minimum Gasteiger partial charge on any atom is -0.318 e. The number of aryl methyl sites for hydroxylation is 3. The molecular weight excluding hydrogens is 334 g/mol. The van der Waals surface area contributed by atoms with Crippen molar-refractivity contribution in [3.05, 3.63) is 63.9 Å². The standard InChI is InChI=1S/C19H19N3O2S/c1-11-7-12(2)9-15(8-11)22-13(3)10-16(14(22)4)17(23)18(24)21-19-20-5-6-25-19/h5-10H,1-4H3,(H,20,21,24). The first kappa shape index (κ1) is 17.1. The minimum absolute atomic E-state index is 0.408. The monoisotopic (exact) mass is 353 g/mol. The summed E-state index contributed by atoms with van der Waals surface area (Å²) in [7, 11) is 0. The molecule has 2 heterocycles. The molecule has 3 rings (SSSR count). The topological polar surface area (TPSA) is 64.0 Å². The second-order valence-corrected chi connectivity index (χ2v) is 6.98. The number of rotatable bonds is 4. The van der Waals surface area contributed by atoms with Crippen molar-refractivity contribution in [2.75, 3.05) is 5.32 Å². The molecule has 1 aromatic carbocycles. The Hall–Kier alpha value is -2.73. The maximum absolute atomic E-state index is 12.6. The first-order chi connectivity index (χ1) is 11.9. The minimum atomic E-state index is -0.671. The summed E-state index contributed by atoms with van der Waals surface area (Å²) in [5.74, 6) is -1.23. The Kier molecular flexibility index (Phi) is 4.55. The third-order valence-corrected chi connectivity index (χ3v) is 4.69. The van der Waals surface area contributed by atoms with E-state index >= 15 is 0 Å². The Labute approximate surface area is 150 Å². The van der Waals surface area contributed by atoms with Crippen LogP contribution in [0.15, 0.2) is 35.8 Å².